The topological polar surface area (TPSA) is 124 Å². The number of nitro groups is 1. The van der Waals surface area contributed by atoms with Crippen LogP contribution < -0.4 is 11.2 Å². The minimum atomic E-state index is -0.527. The second-order valence-corrected chi connectivity index (χ2v) is 6.19. The van der Waals surface area contributed by atoms with Crippen LogP contribution in [0.25, 0.3) is 5.69 Å². The third-order valence-electron chi connectivity index (χ3n) is 4.53. The van der Waals surface area contributed by atoms with Crippen molar-refractivity contribution in [2.45, 2.75) is 25.8 Å². The maximum absolute atomic E-state index is 12.8. The predicted molar refractivity (Wildman–Crippen MR) is 94.3 cm³/mol. The summed E-state index contributed by atoms with van der Waals surface area (Å²) in [5, 5.41) is 15.5. The number of benzene rings is 1. The molecule has 26 heavy (non-hydrogen) atoms. The summed E-state index contributed by atoms with van der Waals surface area (Å²) < 4.78 is 1.26. The van der Waals surface area contributed by atoms with Gasteiger partial charge in [-0.25, -0.2) is 4.68 Å². The summed E-state index contributed by atoms with van der Waals surface area (Å²) in [5.41, 5.74) is 5.37. The Morgan fingerprint density at radius 3 is 2.85 bits per heavy atom. The summed E-state index contributed by atoms with van der Waals surface area (Å²) in [5.74, 6) is -0.490. The van der Waals surface area contributed by atoms with Crippen LogP contribution in [0.15, 0.2) is 35.1 Å². The second kappa shape index (κ2) is 7.04. The van der Waals surface area contributed by atoms with Gasteiger partial charge in [-0.05, 0) is 25.8 Å². The molecule has 1 saturated heterocycles. The molecule has 1 fully saturated rings. The molecule has 1 aliphatic heterocycles. The highest BCUT2D eigenvalue weighted by Gasteiger charge is 2.31. The molecule has 1 aromatic carbocycles. The number of nitro benzene ring substituents is 1. The van der Waals surface area contributed by atoms with Crippen LogP contribution in [0.5, 0.6) is 0 Å². The summed E-state index contributed by atoms with van der Waals surface area (Å²) in [6.45, 7) is 2.44. The minimum absolute atomic E-state index is 0.121. The van der Waals surface area contributed by atoms with Crippen LogP contribution in [-0.2, 0) is 0 Å². The first-order valence-electron chi connectivity index (χ1n) is 8.30. The molecule has 2 aromatic rings. The van der Waals surface area contributed by atoms with Crippen LogP contribution in [0.4, 0.5) is 5.69 Å². The smallest absolute Gasteiger partial charge is 0.294 e. The second-order valence-electron chi connectivity index (χ2n) is 6.19. The number of carbonyl (C=O) groups is 1. The van der Waals surface area contributed by atoms with Gasteiger partial charge in [-0.1, -0.05) is 12.1 Å². The quantitative estimate of drug-likeness (QED) is 0.643. The Morgan fingerprint density at radius 2 is 2.15 bits per heavy atom. The maximum atomic E-state index is 12.8. The molecule has 136 valence electrons. The number of rotatable bonds is 4. The number of aromatic nitrogens is 2. The molecule has 2 heterocycles. The number of likely N-dealkylation sites (tertiary alicyclic amines) is 1. The molecule has 9 nitrogen and oxygen atoms in total. The Kier molecular flexibility index (Phi) is 4.81. The van der Waals surface area contributed by atoms with Gasteiger partial charge in [0.15, 0.2) is 5.69 Å². The third kappa shape index (κ3) is 3.08. The average Bonchev–Trinajstić information content (AvgIpc) is 3.10. The van der Waals surface area contributed by atoms with Gasteiger partial charge in [-0.2, -0.15) is 5.10 Å². The Bertz CT molecular complexity index is 924. The zero-order chi connectivity index (χ0) is 18.8. The Hall–Kier alpha value is -3.07. The van der Waals surface area contributed by atoms with Crippen molar-refractivity contribution in [1.82, 2.24) is 14.7 Å². The van der Waals surface area contributed by atoms with Crippen molar-refractivity contribution < 1.29 is 9.72 Å². The number of para-hydroxylation sites is 2. The molecule has 0 saturated carbocycles. The summed E-state index contributed by atoms with van der Waals surface area (Å²) in [4.78, 5) is 37.5. The first-order chi connectivity index (χ1) is 12.4. The molecule has 3 rings (SSSR count). The Balaban J connectivity index is 2.11. The molecule has 2 N–H and O–H groups in total. The van der Waals surface area contributed by atoms with Crippen molar-refractivity contribution in [3.05, 3.63) is 62.1 Å². The van der Waals surface area contributed by atoms with E-state index in [1.807, 2.05) is 0 Å². The molecule has 0 bridgehead atoms. The third-order valence-corrected chi connectivity index (χ3v) is 4.53. The van der Waals surface area contributed by atoms with Crippen LogP contribution in [0.2, 0.25) is 0 Å². The average molecular weight is 357 g/mol. The van der Waals surface area contributed by atoms with Crippen LogP contribution in [-0.4, -0.2) is 44.6 Å². The van der Waals surface area contributed by atoms with E-state index in [1.54, 1.807) is 24.0 Å². The lowest BCUT2D eigenvalue weighted by molar-refractivity contribution is -0.384. The van der Waals surface area contributed by atoms with Gasteiger partial charge in [0, 0.05) is 37.0 Å². The highest BCUT2D eigenvalue weighted by Crippen LogP contribution is 2.23. The molecule has 9 heteroatoms. The fourth-order valence-corrected chi connectivity index (χ4v) is 3.22. The van der Waals surface area contributed by atoms with Crippen LogP contribution in [0, 0.1) is 17.0 Å². The van der Waals surface area contributed by atoms with E-state index in [4.69, 9.17) is 5.73 Å². The van der Waals surface area contributed by atoms with Crippen LogP contribution in [0.3, 0.4) is 0 Å². The molecule has 0 spiro atoms. The van der Waals surface area contributed by atoms with Crippen LogP contribution >= 0.6 is 0 Å². The van der Waals surface area contributed by atoms with Gasteiger partial charge in [0.2, 0.25) is 5.43 Å². The number of carbonyl (C=O) groups excluding carboxylic acids is 1. The van der Waals surface area contributed by atoms with Gasteiger partial charge in [0.1, 0.15) is 5.69 Å². The Morgan fingerprint density at radius 1 is 1.42 bits per heavy atom. The fraction of sp³-hybridized carbons (Fsp3) is 0.353. The summed E-state index contributed by atoms with van der Waals surface area (Å²) >= 11 is 0. The van der Waals surface area contributed by atoms with E-state index >= 15 is 0 Å². The zero-order valence-corrected chi connectivity index (χ0v) is 14.3. The molecule has 1 atom stereocenters. The van der Waals surface area contributed by atoms with E-state index in [0.717, 1.165) is 12.8 Å². The summed E-state index contributed by atoms with van der Waals surface area (Å²) in [7, 11) is 0. The van der Waals surface area contributed by atoms with E-state index in [0.29, 0.717) is 18.8 Å². The van der Waals surface area contributed by atoms with E-state index in [9.17, 15) is 19.7 Å². The first kappa shape index (κ1) is 17.7. The maximum Gasteiger partial charge on any atom is 0.294 e. The molecule has 1 unspecified atom stereocenters. The zero-order valence-electron chi connectivity index (χ0n) is 14.3. The van der Waals surface area contributed by atoms with Gasteiger partial charge in [0.05, 0.1) is 4.92 Å². The van der Waals surface area contributed by atoms with Gasteiger partial charge in [0.25, 0.3) is 11.6 Å². The molecule has 1 amide bonds. The van der Waals surface area contributed by atoms with Gasteiger partial charge in [-0.3, -0.25) is 19.7 Å². The van der Waals surface area contributed by atoms with E-state index in [1.165, 1.54) is 22.9 Å². The summed E-state index contributed by atoms with van der Waals surface area (Å²) in [6, 6.07) is 7.20. The van der Waals surface area contributed by atoms with E-state index < -0.39 is 16.3 Å². The van der Waals surface area contributed by atoms with Gasteiger partial charge < -0.3 is 10.6 Å². The molecule has 1 aliphatic rings. The predicted octanol–water partition coefficient (Wildman–Crippen LogP) is 1.01. The number of nitrogens with two attached hydrogens (primary N) is 1. The minimum Gasteiger partial charge on any atom is -0.333 e. The first-order valence-corrected chi connectivity index (χ1v) is 8.30. The molecule has 0 radical (unpaired) electrons. The SMILES string of the molecule is Cc1cc(=O)c(C(=O)N2CCCC2CN)nn1-c1ccccc1[N+](=O)[O-]. The molecular weight excluding hydrogens is 338 g/mol. The standard InChI is InChI=1S/C17H19N5O4/c1-11-9-15(23)16(17(24)20-8-4-5-12(20)10-18)19-21(11)13-6-2-3-7-14(13)22(25)26/h2-3,6-7,9,12H,4-5,8,10,18H2,1H3. The normalized spacial score (nSPS) is 16.7. The van der Waals surface area contributed by atoms with Crippen LogP contribution in [0.1, 0.15) is 29.0 Å². The van der Waals surface area contributed by atoms with Crippen molar-refractivity contribution in [3.63, 3.8) is 0 Å². The van der Waals surface area contributed by atoms with Crippen molar-refractivity contribution in [1.29, 1.82) is 0 Å². The molecule has 1 aromatic heterocycles. The van der Waals surface area contributed by atoms with Crippen molar-refractivity contribution >= 4 is 11.6 Å². The van der Waals surface area contributed by atoms with E-state index in [-0.39, 0.29) is 23.1 Å². The number of hydrogen-bond donors (Lipinski definition) is 1. The molecule has 0 aliphatic carbocycles. The highest BCUT2D eigenvalue weighted by atomic mass is 16.6. The van der Waals surface area contributed by atoms with E-state index in [2.05, 4.69) is 5.10 Å². The lowest BCUT2D eigenvalue weighted by atomic mass is 10.2. The monoisotopic (exact) mass is 357 g/mol. The van der Waals surface area contributed by atoms with Crippen molar-refractivity contribution in [2.75, 3.05) is 13.1 Å². The van der Waals surface area contributed by atoms with Crippen molar-refractivity contribution in [3.8, 4) is 5.69 Å². The Labute approximate surface area is 149 Å². The van der Waals surface area contributed by atoms with Gasteiger partial charge >= 0.3 is 0 Å². The number of amides is 1. The van der Waals surface area contributed by atoms with Crippen molar-refractivity contribution in [2.24, 2.45) is 5.73 Å². The lowest BCUT2D eigenvalue weighted by Gasteiger charge is -2.23. The largest absolute Gasteiger partial charge is 0.333 e. The van der Waals surface area contributed by atoms with Gasteiger partial charge in [-0.15, -0.1) is 0 Å². The fourth-order valence-electron chi connectivity index (χ4n) is 3.22. The number of hydrogen-bond acceptors (Lipinski definition) is 6. The molecular formula is C17H19N5O4. The number of nitrogens with zero attached hydrogens (tertiary/aromatic N) is 4. The number of aryl methyl sites for hydroxylation is 1. The summed E-state index contributed by atoms with van der Waals surface area (Å²) in [6.07, 6.45) is 1.60. The highest BCUT2D eigenvalue weighted by molar-refractivity contribution is 5.92. The lowest BCUT2D eigenvalue weighted by Crippen LogP contribution is -2.42.